The van der Waals surface area contributed by atoms with Crippen LogP contribution in [0.5, 0.6) is 5.75 Å². The Kier molecular flexibility index (Phi) is 3.27. The van der Waals surface area contributed by atoms with E-state index in [1.54, 1.807) is 18.2 Å². The number of H-pyrrole nitrogens is 1. The molecule has 0 saturated carbocycles. The van der Waals surface area contributed by atoms with Gasteiger partial charge in [0.25, 0.3) is 0 Å². The third-order valence-corrected chi connectivity index (χ3v) is 3.40. The standard InChI is InChI=1S/C12H14ClN5O/c13-9-7-8(1-2-10(9)19)11-15-12(17-16-11)18-5-3-14-4-6-18/h1-2,7,14,19H,3-6H2,(H,15,16,17). The molecule has 0 aliphatic carbocycles. The molecule has 1 saturated heterocycles. The third-order valence-electron chi connectivity index (χ3n) is 3.09. The Morgan fingerprint density at radius 1 is 1.26 bits per heavy atom. The van der Waals surface area contributed by atoms with Crippen LogP contribution in [-0.2, 0) is 0 Å². The van der Waals surface area contributed by atoms with Crippen molar-refractivity contribution in [3.8, 4) is 17.1 Å². The fourth-order valence-corrected chi connectivity index (χ4v) is 2.22. The largest absolute Gasteiger partial charge is 0.506 e. The van der Waals surface area contributed by atoms with E-state index in [0.29, 0.717) is 16.8 Å². The van der Waals surface area contributed by atoms with E-state index in [4.69, 9.17) is 11.6 Å². The van der Waals surface area contributed by atoms with Gasteiger partial charge in [-0.05, 0) is 18.2 Å². The maximum atomic E-state index is 9.41. The summed E-state index contributed by atoms with van der Waals surface area (Å²) in [4.78, 5) is 6.59. The van der Waals surface area contributed by atoms with E-state index >= 15 is 0 Å². The Hall–Kier alpha value is -1.79. The lowest BCUT2D eigenvalue weighted by atomic mass is 10.2. The first-order valence-electron chi connectivity index (χ1n) is 6.11. The summed E-state index contributed by atoms with van der Waals surface area (Å²) in [6, 6.07) is 4.97. The zero-order valence-corrected chi connectivity index (χ0v) is 11.0. The summed E-state index contributed by atoms with van der Waals surface area (Å²) in [6.07, 6.45) is 0. The predicted molar refractivity (Wildman–Crippen MR) is 73.6 cm³/mol. The monoisotopic (exact) mass is 279 g/mol. The second-order valence-electron chi connectivity index (χ2n) is 4.39. The van der Waals surface area contributed by atoms with Crippen LogP contribution in [0.3, 0.4) is 0 Å². The number of phenols is 1. The summed E-state index contributed by atoms with van der Waals surface area (Å²) in [5, 5.41) is 20.1. The number of aromatic nitrogens is 3. The number of hydrogen-bond donors (Lipinski definition) is 3. The molecule has 0 radical (unpaired) electrons. The van der Waals surface area contributed by atoms with Crippen molar-refractivity contribution in [1.29, 1.82) is 0 Å². The number of nitrogens with zero attached hydrogens (tertiary/aromatic N) is 3. The molecule has 7 heteroatoms. The number of piperazine rings is 1. The Bertz CT molecular complexity index is 579. The van der Waals surface area contributed by atoms with Crippen molar-refractivity contribution in [2.24, 2.45) is 0 Å². The SMILES string of the molecule is Oc1ccc(-c2nc(N3CCNCC3)n[nH]2)cc1Cl. The number of nitrogens with one attached hydrogen (secondary N) is 2. The Labute approximate surface area is 115 Å². The first kappa shape index (κ1) is 12.3. The number of halogens is 1. The molecule has 1 aliphatic rings. The van der Waals surface area contributed by atoms with Crippen LogP contribution in [0.25, 0.3) is 11.4 Å². The van der Waals surface area contributed by atoms with Gasteiger partial charge in [0.1, 0.15) is 5.75 Å². The van der Waals surface area contributed by atoms with Gasteiger partial charge in [0, 0.05) is 31.7 Å². The number of benzene rings is 1. The fourth-order valence-electron chi connectivity index (χ4n) is 2.04. The molecule has 3 N–H and O–H groups in total. The van der Waals surface area contributed by atoms with Crippen molar-refractivity contribution < 1.29 is 5.11 Å². The number of hydrogen-bond acceptors (Lipinski definition) is 5. The highest BCUT2D eigenvalue weighted by molar-refractivity contribution is 6.32. The molecular formula is C12H14ClN5O. The molecule has 0 spiro atoms. The van der Waals surface area contributed by atoms with Crippen LogP contribution in [0.1, 0.15) is 0 Å². The van der Waals surface area contributed by atoms with Crippen LogP contribution in [0.4, 0.5) is 5.95 Å². The van der Waals surface area contributed by atoms with E-state index in [0.717, 1.165) is 31.7 Å². The Morgan fingerprint density at radius 3 is 2.79 bits per heavy atom. The summed E-state index contributed by atoms with van der Waals surface area (Å²) in [6.45, 7) is 3.67. The molecule has 3 rings (SSSR count). The summed E-state index contributed by atoms with van der Waals surface area (Å²) in [7, 11) is 0. The smallest absolute Gasteiger partial charge is 0.245 e. The average molecular weight is 280 g/mol. The molecule has 100 valence electrons. The van der Waals surface area contributed by atoms with Gasteiger partial charge >= 0.3 is 0 Å². The normalized spacial score (nSPS) is 15.7. The van der Waals surface area contributed by atoms with E-state index in [1.807, 2.05) is 0 Å². The van der Waals surface area contributed by atoms with Crippen LogP contribution in [-0.4, -0.2) is 46.5 Å². The van der Waals surface area contributed by atoms with Gasteiger partial charge in [-0.25, -0.2) is 0 Å². The van der Waals surface area contributed by atoms with Gasteiger partial charge < -0.3 is 15.3 Å². The van der Waals surface area contributed by atoms with Gasteiger partial charge in [-0.1, -0.05) is 11.6 Å². The maximum Gasteiger partial charge on any atom is 0.245 e. The maximum absolute atomic E-state index is 9.41. The van der Waals surface area contributed by atoms with Crippen molar-refractivity contribution in [3.63, 3.8) is 0 Å². The number of aromatic amines is 1. The van der Waals surface area contributed by atoms with E-state index in [1.165, 1.54) is 0 Å². The molecule has 0 amide bonds. The second kappa shape index (κ2) is 5.07. The van der Waals surface area contributed by atoms with Crippen LogP contribution in [0.2, 0.25) is 5.02 Å². The lowest BCUT2D eigenvalue weighted by Gasteiger charge is -2.25. The lowest BCUT2D eigenvalue weighted by molar-refractivity contribution is 0.475. The van der Waals surface area contributed by atoms with Gasteiger partial charge in [-0.3, -0.25) is 5.10 Å². The Balaban J connectivity index is 1.85. The predicted octanol–water partition coefficient (Wildman–Crippen LogP) is 1.24. The van der Waals surface area contributed by atoms with Crippen molar-refractivity contribution >= 4 is 17.5 Å². The number of rotatable bonds is 2. The zero-order chi connectivity index (χ0) is 13.2. The van der Waals surface area contributed by atoms with Gasteiger partial charge in [0.05, 0.1) is 5.02 Å². The van der Waals surface area contributed by atoms with Crippen LogP contribution >= 0.6 is 11.6 Å². The van der Waals surface area contributed by atoms with Crippen molar-refractivity contribution in [1.82, 2.24) is 20.5 Å². The summed E-state index contributed by atoms with van der Waals surface area (Å²) in [5.41, 5.74) is 0.802. The quantitative estimate of drug-likeness (QED) is 0.771. The highest BCUT2D eigenvalue weighted by atomic mass is 35.5. The lowest BCUT2D eigenvalue weighted by Crippen LogP contribution is -2.44. The van der Waals surface area contributed by atoms with Gasteiger partial charge in [-0.2, -0.15) is 4.98 Å². The van der Waals surface area contributed by atoms with E-state index in [2.05, 4.69) is 25.4 Å². The van der Waals surface area contributed by atoms with E-state index in [9.17, 15) is 5.11 Å². The molecule has 1 aliphatic heterocycles. The third kappa shape index (κ3) is 2.50. The van der Waals surface area contributed by atoms with Crippen molar-refractivity contribution in [3.05, 3.63) is 23.2 Å². The number of aromatic hydroxyl groups is 1. The number of anilines is 1. The second-order valence-corrected chi connectivity index (χ2v) is 4.79. The van der Waals surface area contributed by atoms with Crippen molar-refractivity contribution in [2.45, 2.75) is 0 Å². The molecule has 1 aromatic carbocycles. The molecule has 6 nitrogen and oxygen atoms in total. The average Bonchev–Trinajstić information content (AvgIpc) is 2.93. The molecular weight excluding hydrogens is 266 g/mol. The van der Waals surface area contributed by atoms with Gasteiger partial charge in [0.2, 0.25) is 5.95 Å². The molecule has 0 unspecified atom stereocenters. The number of phenolic OH excluding ortho intramolecular Hbond substituents is 1. The fraction of sp³-hybridized carbons (Fsp3) is 0.333. The molecule has 0 bridgehead atoms. The van der Waals surface area contributed by atoms with Crippen LogP contribution in [0.15, 0.2) is 18.2 Å². The van der Waals surface area contributed by atoms with Gasteiger partial charge in [-0.15, -0.1) is 5.10 Å². The molecule has 1 fully saturated rings. The highest BCUT2D eigenvalue weighted by Gasteiger charge is 2.15. The molecule has 0 atom stereocenters. The highest BCUT2D eigenvalue weighted by Crippen LogP contribution is 2.28. The Morgan fingerprint density at radius 2 is 2.05 bits per heavy atom. The molecule has 2 aromatic rings. The van der Waals surface area contributed by atoms with Crippen LogP contribution in [0, 0.1) is 0 Å². The molecule has 19 heavy (non-hydrogen) atoms. The minimum Gasteiger partial charge on any atom is -0.506 e. The first-order chi connectivity index (χ1) is 9.24. The molecule has 1 aromatic heterocycles. The van der Waals surface area contributed by atoms with Crippen molar-refractivity contribution in [2.75, 3.05) is 31.1 Å². The minimum atomic E-state index is 0.0623. The topological polar surface area (TPSA) is 77.1 Å². The van der Waals surface area contributed by atoms with Gasteiger partial charge in [0.15, 0.2) is 5.82 Å². The van der Waals surface area contributed by atoms with E-state index < -0.39 is 0 Å². The summed E-state index contributed by atoms with van der Waals surface area (Å²) in [5.74, 6) is 1.41. The summed E-state index contributed by atoms with van der Waals surface area (Å²) < 4.78 is 0. The summed E-state index contributed by atoms with van der Waals surface area (Å²) >= 11 is 5.89. The van der Waals surface area contributed by atoms with Crippen LogP contribution < -0.4 is 10.2 Å². The van der Waals surface area contributed by atoms with E-state index in [-0.39, 0.29) is 5.75 Å². The minimum absolute atomic E-state index is 0.0623. The zero-order valence-electron chi connectivity index (χ0n) is 10.2. The molecule has 2 heterocycles. The first-order valence-corrected chi connectivity index (χ1v) is 6.49.